The summed E-state index contributed by atoms with van der Waals surface area (Å²) in [5, 5.41) is 5.09. The van der Waals surface area contributed by atoms with Crippen molar-refractivity contribution in [1.29, 1.82) is 0 Å². The Labute approximate surface area is 172 Å². The zero-order valence-corrected chi connectivity index (χ0v) is 17.3. The van der Waals surface area contributed by atoms with Crippen LogP contribution in [0.3, 0.4) is 0 Å². The number of ether oxygens (including phenoxy) is 1. The van der Waals surface area contributed by atoms with Crippen molar-refractivity contribution in [2.24, 2.45) is 0 Å². The first-order valence-electron chi connectivity index (χ1n) is 9.44. The van der Waals surface area contributed by atoms with Gasteiger partial charge in [-0.3, -0.25) is 9.78 Å². The molecule has 1 aliphatic rings. The monoisotopic (exact) mass is 439 g/mol. The zero-order valence-electron chi connectivity index (χ0n) is 15.7. The van der Waals surface area contributed by atoms with E-state index in [1.165, 1.54) is 24.9 Å². The number of aromatic nitrogens is 1. The van der Waals surface area contributed by atoms with Crippen LogP contribution in [0.2, 0.25) is 0 Å². The molecule has 1 amide bonds. The van der Waals surface area contributed by atoms with E-state index in [9.17, 15) is 4.79 Å². The van der Waals surface area contributed by atoms with Crippen molar-refractivity contribution >= 4 is 44.0 Å². The molecule has 1 aromatic heterocycles. The molecule has 0 saturated carbocycles. The third-order valence-electron chi connectivity index (χ3n) is 5.16. The molecule has 0 bridgehead atoms. The zero-order chi connectivity index (χ0) is 19.5. The third kappa shape index (κ3) is 3.69. The van der Waals surface area contributed by atoms with Crippen LogP contribution in [0, 0.1) is 0 Å². The molecule has 3 aromatic rings. The molecule has 1 fully saturated rings. The van der Waals surface area contributed by atoms with Gasteiger partial charge in [-0.05, 0) is 71.6 Å². The first-order valence-corrected chi connectivity index (χ1v) is 10.2. The van der Waals surface area contributed by atoms with Gasteiger partial charge in [-0.2, -0.15) is 0 Å². The highest BCUT2D eigenvalue weighted by Gasteiger charge is 2.17. The summed E-state index contributed by atoms with van der Waals surface area (Å²) in [7, 11) is 1.59. The molecule has 0 unspecified atom stereocenters. The minimum atomic E-state index is -0.193. The lowest BCUT2D eigenvalue weighted by atomic mass is 10.0. The van der Waals surface area contributed by atoms with Crippen LogP contribution in [0.15, 0.2) is 53.3 Å². The van der Waals surface area contributed by atoms with Gasteiger partial charge in [0.05, 0.1) is 18.4 Å². The Hall–Kier alpha value is -2.60. The first kappa shape index (κ1) is 18.7. The van der Waals surface area contributed by atoms with Gasteiger partial charge in [0.2, 0.25) is 0 Å². The van der Waals surface area contributed by atoms with E-state index in [1.54, 1.807) is 19.4 Å². The second kappa shape index (κ2) is 8.19. The SMILES string of the molecule is COc1ccc(Br)c(C(=O)Nc2ccc(N3CCCCC3)c3ccncc23)c1. The normalized spacial score (nSPS) is 14.1. The van der Waals surface area contributed by atoms with Gasteiger partial charge in [0.25, 0.3) is 5.91 Å². The van der Waals surface area contributed by atoms with Crippen molar-refractivity contribution < 1.29 is 9.53 Å². The number of carbonyl (C=O) groups excluding carboxylic acids is 1. The Morgan fingerprint density at radius 3 is 2.71 bits per heavy atom. The molecule has 28 heavy (non-hydrogen) atoms. The lowest BCUT2D eigenvalue weighted by Gasteiger charge is -2.30. The number of piperidine rings is 1. The van der Waals surface area contributed by atoms with Crippen molar-refractivity contribution in [3.63, 3.8) is 0 Å². The number of nitrogens with one attached hydrogen (secondary N) is 1. The van der Waals surface area contributed by atoms with Crippen LogP contribution >= 0.6 is 15.9 Å². The van der Waals surface area contributed by atoms with Crippen LogP contribution in [0.4, 0.5) is 11.4 Å². The summed E-state index contributed by atoms with van der Waals surface area (Å²) >= 11 is 3.45. The molecule has 0 atom stereocenters. The molecule has 1 saturated heterocycles. The topological polar surface area (TPSA) is 54.5 Å². The van der Waals surface area contributed by atoms with Gasteiger partial charge in [0.1, 0.15) is 5.75 Å². The van der Waals surface area contributed by atoms with Crippen LogP contribution in [0.25, 0.3) is 10.8 Å². The van der Waals surface area contributed by atoms with E-state index in [-0.39, 0.29) is 5.91 Å². The number of benzene rings is 2. The van der Waals surface area contributed by atoms with Gasteiger partial charge in [0, 0.05) is 46.4 Å². The molecule has 1 N–H and O–H groups in total. The highest BCUT2D eigenvalue weighted by atomic mass is 79.9. The van der Waals surface area contributed by atoms with Crippen molar-refractivity contribution in [3.8, 4) is 5.75 Å². The van der Waals surface area contributed by atoms with Crippen LogP contribution in [-0.2, 0) is 0 Å². The van der Waals surface area contributed by atoms with E-state index in [0.29, 0.717) is 11.3 Å². The highest BCUT2D eigenvalue weighted by Crippen LogP contribution is 2.34. The number of carbonyl (C=O) groups is 1. The minimum absolute atomic E-state index is 0.193. The Morgan fingerprint density at radius 2 is 1.93 bits per heavy atom. The summed E-state index contributed by atoms with van der Waals surface area (Å²) in [5.41, 5.74) is 2.48. The molecule has 0 radical (unpaired) electrons. The maximum Gasteiger partial charge on any atom is 0.256 e. The van der Waals surface area contributed by atoms with E-state index in [4.69, 9.17) is 4.74 Å². The number of hydrogen-bond acceptors (Lipinski definition) is 4. The second-order valence-electron chi connectivity index (χ2n) is 6.90. The largest absolute Gasteiger partial charge is 0.497 e. The number of rotatable bonds is 4. The number of hydrogen-bond donors (Lipinski definition) is 1. The van der Waals surface area contributed by atoms with Crippen molar-refractivity contribution in [3.05, 3.63) is 58.8 Å². The van der Waals surface area contributed by atoms with Crippen molar-refractivity contribution in [2.75, 3.05) is 30.4 Å². The van der Waals surface area contributed by atoms with E-state index in [2.05, 4.69) is 37.2 Å². The number of nitrogens with zero attached hydrogens (tertiary/aromatic N) is 2. The van der Waals surface area contributed by atoms with E-state index < -0.39 is 0 Å². The molecule has 144 valence electrons. The predicted molar refractivity (Wildman–Crippen MR) is 116 cm³/mol. The maximum absolute atomic E-state index is 12.9. The van der Waals surface area contributed by atoms with Gasteiger partial charge in [-0.1, -0.05) is 0 Å². The summed E-state index contributed by atoms with van der Waals surface area (Å²) in [6, 6.07) is 11.4. The number of halogens is 1. The Bertz CT molecular complexity index is 1020. The quantitative estimate of drug-likeness (QED) is 0.602. The summed E-state index contributed by atoms with van der Waals surface area (Å²) in [6.45, 7) is 2.14. The van der Waals surface area contributed by atoms with Crippen LogP contribution in [0.1, 0.15) is 29.6 Å². The van der Waals surface area contributed by atoms with Crippen molar-refractivity contribution in [2.45, 2.75) is 19.3 Å². The fraction of sp³-hybridized carbons (Fsp3) is 0.273. The van der Waals surface area contributed by atoms with E-state index in [0.717, 1.165) is 34.0 Å². The standard InChI is InChI=1S/C22H22BrN3O2/c1-28-15-5-6-19(23)17(13-15)22(27)25-20-7-8-21(26-11-3-2-4-12-26)16-9-10-24-14-18(16)20/h5-10,13-14H,2-4,11-12H2,1H3,(H,25,27). The van der Waals surface area contributed by atoms with Gasteiger partial charge >= 0.3 is 0 Å². The molecular weight excluding hydrogens is 418 g/mol. The van der Waals surface area contributed by atoms with Crippen LogP contribution in [0.5, 0.6) is 5.75 Å². The molecule has 5 nitrogen and oxygen atoms in total. The van der Waals surface area contributed by atoms with E-state index in [1.807, 2.05) is 30.5 Å². The van der Waals surface area contributed by atoms with Gasteiger partial charge in [-0.25, -0.2) is 0 Å². The number of methoxy groups -OCH3 is 1. The highest BCUT2D eigenvalue weighted by molar-refractivity contribution is 9.10. The van der Waals surface area contributed by atoms with Gasteiger partial charge in [-0.15, -0.1) is 0 Å². The number of pyridine rings is 1. The molecule has 2 heterocycles. The lowest BCUT2D eigenvalue weighted by Crippen LogP contribution is -2.29. The third-order valence-corrected chi connectivity index (χ3v) is 5.85. The minimum Gasteiger partial charge on any atom is -0.497 e. The van der Waals surface area contributed by atoms with Crippen LogP contribution in [-0.4, -0.2) is 31.1 Å². The van der Waals surface area contributed by atoms with E-state index >= 15 is 0 Å². The predicted octanol–water partition coefficient (Wildman–Crippen LogP) is 5.25. The van der Waals surface area contributed by atoms with Crippen molar-refractivity contribution in [1.82, 2.24) is 4.98 Å². The maximum atomic E-state index is 12.9. The fourth-order valence-corrected chi connectivity index (χ4v) is 4.12. The van der Waals surface area contributed by atoms with Crippen LogP contribution < -0.4 is 15.0 Å². The summed E-state index contributed by atoms with van der Waals surface area (Å²) in [6.07, 6.45) is 7.35. The molecular formula is C22H22BrN3O2. The Balaban J connectivity index is 1.69. The average Bonchev–Trinajstić information content (AvgIpc) is 2.75. The molecule has 0 spiro atoms. The second-order valence-corrected chi connectivity index (χ2v) is 7.76. The summed E-state index contributed by atoms with van der Waals surface area (Å²) in [5.74, 6) is 0.446. The fourth-order valence-electron chi connectivity index (χ4n) is 3.69. The number of fused-ring (bicyclic) bond motifs is 1. The Morgan fingerprint density at radius 1 is 1.11 bits per heavy atom. The number of amides is 1. The average molecular weight is 440 g/mol. The lowest BCUT2D eigenvalue weighted by molar-refractivity contribution is 0.102. The molecule has 1 aliphatic heterocycles. The summed E-state index contributed by atoms with van der Waals surface area (Å²) < 4.78 is 5.97. The Kier molecular flexibility index (Phi) is 5.48. The summed E-state index contributed by atoms with van der Waals surface area (Å²) in [4.78, 5) is 19.6. The number of anilines is 2. The van der Waals surface area contributed by atoms with Gasteiger partial charge < -0.3 is 15.0 Å². The molecule has 6 heteroatoms. The molecule has 2 aromatic carbocycles. The smallest absolute Gasteiger partial charge is 0.256 e. The van der Waals surface area contributed by atoms with Gasteiger partial charge in [0.15, 0.2) is 0 Å². The molecule has 0 aliphatic carbocycles. The molecule has 4 rings (SSSR count). The first-order chi connectivity index (χ1) is 13.7.